The van der Waals surface area contributed by atoms with Crippen LogP contribution >= 0.6 is 15.9 Å². The number of carbonyl (C=O) groups excluding carboxylic acids is 1. The van der Waals surface area contributed by atoms with Gasteiger partial charge in [0, 0.05) is 16.5 Å². The van der Waals surface area contributed by atoms with Crippen molar-refractivity contribution in [2.45, 2.75) is 26.1 Å². The van der Waals surface area contributed by atoms with Crippen LogP contribution in [0.1, 0.15) is 30.1 Å². The summed E-state index contributed by atoms with van der Waals surface area (Å²) in [5.41, 5.74) is 0.202. The van der Waals surface area contributed by atoms with E-state index in [1.54, 1.807) is 0 Å². The fraction of sp³-hybridized carbons (Fsp3) is 0.364. The summed E-state index contributed by atoms with van der Waals surface area (Å²) in [4.78, 5) is 11.6. The van der Waals surface area contributed by atoms with Crippen LogP contribution < -0.4 is 4.74 Å². The highest BCUT2D eigenvalue weighted by Crippen LogP contribution is 2.28. The van der Waals surface area contributed by atoms with E-state index in [1.807, 2.05) is 6.92 Å². The lowest BCUT2D eigenvalue weighted by molar-refractivity contribution is -0.274. The highest BCUT2D eigenvalue weighted by molar-refractivity contribution is 9.10. The molecule has 1 aromatic rings. The van der Waals surface area contributed by atoms with Crippen molar-refractivity contribution >= 4 is 21.7 Å². The first-order valence-corrected chi connectivity index (χ1v) is 5.71. The van der Waals surface area contributed by atoms with E-state index in [9.17, 15) is 18.0 Å². The van der Waals surface area contributed by atoms with E-state index in [1.165, 1.54) is 6.07 Å². The van der Waals surface area contributed by atoms with E-state index in [0.29, 0.717) is 10.9 Å². The molecule has 0 radical (unpaired) electrons. The van der Waals surface area contributed by atoms with Crippen LogP contribution in [-0.4, -0.2) is 12.1 Å². The zero-order chi connectivity index (χ0) is 13.1. The van der Waals surface area contributed by atoms with Crippen LogP contribution in [-0.2, 0) is 0 Å². The number of hydrogen-bond donors (Lipinski definition) is 0. The summed E-state index contributed by atoms with van der Waals surface area (Å²) in [6.45, 7) is 1.82. The minimum atomic E-state index is -4.75. The molecule has 0 amide bonds. The topological polar surface area (TPSA) is 26.3 Å². The number of carbonyl (C=O) groups is 1. The van der Waals surface area contributed by atoms with Gasteiger partial charge >= 0.3 is 6.36 Å². The largest absolute Gasteiger partial charge is 0.573 e. The smallest absolute Gasteiger partial charge is 0.406 e. The zero-order valence-corrected chi connectivity index (χ0v) is 10.6. The van der Waals surface area contributed by atoms with Gasteiger partial charge in [-0.05, 0) is 24.6 Å². The van der Waals surface area contributed by atoms with Crippen molar-refractivity contribution in [2.75, 3.05) is 0 Å². The van der Waals surface area contributed by atoms with E-state index in [4.69, 9.17) is 0 Å². The van der Waals surface area contributed by atoms with Crippen molar-refractivity contribution in [1.29, 1.82) is 0 Å². The standard InChI is InChI=1S/C11H10BrF3O2/c1-2-3-10(16)8-6-7(4-5-9(8)12)17-11(13,14)15/h4-6H,2-3H2,1H3. The van der Waals surface area contributed by atoms with Gasteiger partial charge < -0.3 is 4.74 Å². The van der Waals surface area contributed by atoms with Gasteiger partial charge in [0.2, 0.25) is 0 Å². The number of alkyl halides is 3. The SMILES string of the molecule is CCCC(=O)c1cc(OC(F)(F)F)ccc1Br. The molecule has 0 aromatic heterocycles. The summed E-state index contributed by atoms with van der Waals surface area (Å²) in [6.07, 6.45) is -3.83. The van der Waals surface area contributed by atoms with E-state index in [2.05, 4.69) is 20.7 Å². The summed E-state index contributed by atoms with van der Waals surface area (Å²) < 4.78 is 40.2. The van der Waals surface area contributed by atoms with Gasteiger partial charge in [-0.1, -0.05) is 22.9 Å². The highest BCUT2D eigenvalue weighted by Gasteiger charge is 2.31. The van der Waals surface area contributed by atoms with Crippen LogP contribution in [0.25, 0.3) is 0 Å². The van der Waals surface area contributed by atoms with Gasteiger partial charge in [-0.15, -0.1) is 13.2 Å². The minimum Gasteiger partial charge on any atom is -0.406 e. The molecule has 2 nitrogen and oxygen atoms in total. The Morgan fingerprint density at radius 1 is 1.41 bits per heavy atom. The number of halogens is 4. The molecular formula is C11H10BrF3O2. The third kappa shape index (κ3) is 4.38. The molecule has 1 rings (SSSR count). The number of Topliss-reactive ketones (excluding diaryl/α,β-unsaturated/α-hetero) is 1. The Morgan fingerprint density at radius 3 is 2.59 bits per heavy atom. The number of ketones is 1. The number of rotatable bonds is 4. The van der Waals surface area contributed by atoms with Crippen molar-refractivity contribution in [3.05, 3.63) is 28.2 Å². The molecular weight excluding hydrogens is 301 g/mol. The van der Waals surface area contributed by atoms with E-state index in [-0.39, 0.29) is 23.5 Å². The van der Waals surface area contributed by atoms with Gasteiger partial charge in [-0.3, -0.25) is 4.79 Å². The van der Waals surface area contributed by atoms with Crippen molar-refractivity contribution < 1.29 is 22.7 Å². The maximum absolute atomic E-state index is 12.0. The zero-order valence-electron chi connectivity index (χ0n) is 8.97. The van der Waals surface area contributed by atoms with Gasteiger partial charge in [0.1, 0.15) is 5.75 Å². The monoisotopic (exact) mass is 310 g/mol. The molecule has 1 aromatic carbocycles. The lowest BCUT2D eigenvalue weighted by Crippen LogP contribution is -2.17. The van der Waals surface area contributed by atoms with Gasteiger partial charge in [0.15, 0.2) is 5.78 Å². The third-order valence-electron chi connectivity index (χ3n) is 1.95. The maximum Gasteiger partial charge on any atom is 0.573 e. The molecule has 0 spiro atoms. The van der Waals surface area contributed by atoms with Crippen LogP contribution in [0.15, 0.2) is 22.7 Å². The quantitative estimate of drug-likeness (QED) is 0.774. The molecule has 0 aliphatic rings. The second kappa shape index (κ2) is 5.53. The number of benzene rings is 1. The average Bonchev–Trinajstić information content (AvgIpc) is 2.19. The molecule has 0 saturated heterocycles. The number of ether oxygens (including phenoxy) is 1. The Bertz CT molecular complexity index is 416. The molecule has 17 heavy (non-hydrogen) atoms. The molecule has 0 saturated carbocycles. The summed E-state index contributed by atoms with van der Waals surface area (Å²) in [7, 11) is 0. The van der Waals surface area contributed by atoms with Gasteiger partial charge in [0.05, 0.1) is 0 Å². The van der Waals surface area contributed by atoms with Crippen LogP contribution in [0, 0.1) is 0 Å². The third-order valence-corrected chi connectivity index (χ3v) is 2.64. The van der Waals surface area contributed by atoms with Gasteiger partial charge in [0.25, 0.3) is 0 Å². The normalized spacial score (nSPS) is 11.4. The van der Waals surface area contributed by atoms with E-state index < -0.39 is 6.36 Å². The fourth-order valence-electron chi connectivity index (χ4n) is 1.28. The van der Waals surface area contributed by atoms with E-state index in [0.717, 1.165) is 12.1 Å². The van der Waals surface area contributed by atoms with Gasteiger partial charge in [-0.2, -0.15) is 0 Å². The minimum absolute atomic E-state index is 0.202. The summed E-state index contributed by atoms with van der Waals surface area (Å²) in [6, 6.07) is 3.61. The molecule has 0 N–H and O–H groups in total. The fourth-order valence-corrected chi connectivity index (χ4v) is 1.74. The van der Waals surface area contributed by atoms with Crippen molar-refractivity contribution in [1.82, 2.24) is 0 Å². The molecule has 0 bridgehead atoms. The second-order valence-electron chi connectivity index (χ2n) is 3.36. The van der Waals surface area contributed by atoms with Gasteiger partial charge in [-0.25, -0.2) is 0 Å². The summed E-state index contributed by atoms with van der Waals surface area (Å²) in [5.74, 6) is -0.604. The molecule has 0 atom stereocenters. The molecule has 0 fully saturated rings. The molecule has 6 heteroatoms. The Morgan fingerprint density at radius 2 is 2.06 bits per heavy atom. The lowest BCUT2D eigenvalue weighted by atomic mass is 10.1. The summed E-state index contributed by atoms with van der Waals surface area (Å²) >= 11 is 3.12. The van der Waals surface area contributed by atoms with Crippen molar-refractivity contribution in [3.63, 3.8) is 0 Å². The lowest BCUT2D eigenvalue weighted by Gasteiger charge is -2.10. The second-order valence-corrected chi connectivity index (χ2v) is 4.22. The first kappa shape index (κ1) is 14.0. The first-order chi connectivity index (χ1) is 7.83. The van der Waals surface area contributed by atoms with Crippen LogP contribution in [0.4, 0.5) is 13.2 Å². The highest BCUT2D eigenvalue weighted by atomic mass is 79.9. The molecule has 0 unspecified atom stereocenters. The Hall–Kier alpha value is -1.04. The average molecular weight is 311 g/mol. The van der Waals surface area contributed by atoms with Crippen LogP contribution in [0.3, 0.4) is 0 Å². The van der Waals surface area contributed by atoms with Crippen molar-refractivity contribution in [3.8, 4) is 5.75 Å². The van der Waals surface area contributed by atoms with Crippen molar-refractivity contribution in [2.24, 2.45) is 0 Å². The van der Waals surface area contributed by atoms with E-state index >= 15 is 0 Å². The predicted octanol–water partition coefficient (Wildman–Crippen LogP) is 4.33. The Kier molecular flexibility index (Phi) is 4.56. The number of hydrogen-bond acceptors (Lipinski definition) is 2. The molecule has 0 heterocycles. The Balaban J connectivity index is 2.98. The Labute approximate surface area is 105 Å². The van der Waals surface area contributed by atoms with Crippen LogP contribution in [0.2, 0.25) is 0 Å². The maximum atomic E-state index is 12.0. The molecule has 0 aliphatic heterocycles. The molecule has 94 valence electrons. The van der Waals surface area contributed by atoms with Crippen LogP contribution in [0.5, 0.6) is 5.75 Å². The molecule has 0 aliphatic carbocycles. The first-order valence-electron chi connectivity index (χ1n) is 4.92. The summed E-state index contributed by atoms with van der Waals surface area (Å²) in [5, 5.41) is 0. The predicted molar refractivity (Wildman–Crippen MR) is 60.1 cm³/mol.